The summed E-state index contributed by atoms with van der Waals surface area (Å²) >= 11 is 2.92. The molecule has 0 bridgehead atoms. The van der Waals surface area contributed by atoms with Gasteiger partial charge in [0.2, 0.25) is 0 Å². The minimum absolute atomic E-state index is 0.0713. The molecule has 0 spiro atoms. The van der Waals surface area contributed by atoms with E-state index in [-0.39, 0.29) is 15.8 Å². The Bertz CT molecular complexity index is 405. The molecule has 0 amide bonds. The molecule has 1 nitrogen and oxygen atoms in total. The van der Waals surface area contributed by atoms with Crippen molar-refractivity contribution in [2.45, 2.75) is 39.0 Å². The van der Waals surface area contributed by atoms with E-state index in [2.05, 4.69) is 22.9 Å². The van der Waals surface area contributed by atoms with Crippen LogP contribution < -0.4 is 0 Å². The number of ketones is 1. The van der Waals surface area contributed by atoms with E-state index in [1.54, 1.807) is 0 Å². The molecule has 0 heterocycles. The molecule has 0 aliphatic carbocycles. The highest BCUT2D eigenvalue weighted by Crippen LogP contribution is 2.24. The number of Topliss-reactive ketones (excluding diaryl/α,β-unsaturated/α-hetero) is 1. The SMILES string of the molecule is CCCCCCC(=O)c1ccc(F)c(F)c1Br. The second-order valence-corrected chi connectivity index (χ2v) is 4.75. The van der Waals surface area contributed by atoms with Gasteiger partial charge in [0.1, 0.15) is 0 Å². The Morgan fingerprint density at radius 3 is 2.59 bits per heavy atom. The molecule has 1 aromatic carbocycles. The van der Waals surface area contributed by atoms with Gasteiger partial charge in [0.15, 0.2) is 17.4 Å². The van der Waals surface area contributed by atoms with E-state index >= 15 is 0 Å². The Morgan fingerprint density at radius 1 is 1.24 bits per heavy atom. The van der Waals surface area contributed by atoms with Gasteiger partial charge in [-0.3, -0.25) is 4.79 Å². The van der Waals surface area contributed by atoms with Crippen LogP contribution >= 0.6 is 15.9 Å². The lowest BCUT2D eigenvalue weighted by molar-refractivity contribution is 0.0977. The van der Waals surface area contributed by atoms with Crippen LogP contribution in [0.1, 0.15) is 49.4 Å². The molecular weight excluding hydrogens is 290 g/mol. The first-order valence-corrected chi connectivity index (χ1v) is 6.54. The van der Waals surface area contributed by atoms with Crippen LogP contribution in [0.2, 0.25) is 0 Å². The van der Waals surface area contributed by atoms with Crippen molar-refractivity contribution in [1.82, 2.24) is 0 Å². The fourth-order valence-electron chi connectivity index (χ4n) is 1.59. The number of carbonyl (C=O) groups is 1. The Balaban J connectivity index is 2.66. The largest absolute Gasteiger partial charge is 0.294 e. The first kappa shape index (κ1) is 14.3. The molecule has 0 aliphatic rings. The van der Waals surface area contributed by atoms with Crippen LogP contribution in [0.4, 0.5) is 8.78 Å². The number of halogens is 3. The van der Waals surface area contributed by atoms with Gasteiger partial charge in [0, 0.05) is 12.0 Å². The zero-order chi connectivity index (χ0) is 12.8. The topological polar surface area (TPSA) is 17.1 Å². The standard InChI is InChI=1S/C13H15BrF2O/c1-2-3-4-5-6-11(17)9-7-8-10(15)13(16)12(9)14/h7-8H,2-6H2,1H3. The first-order chi connectivity index (χ1) is 8.07. The van der Waals surface area contributed by atoms with E-state index in [1.165, 1.54) is 6.07 Å². The molecule has 17 heavy (non-hydrogen) atoms. The van der Waals surface area contributed by atoms with Crippen molar-refractivity contribution in [3.63, 3.8) is 0 Å². The molecular formula is C13H15BrF2O. The molecule has 0 atom stereocenters. The van der Waals surface area contributed by atoms with Crippen molar-refractivity contribution in [2.75, 3.05) is 0 Å². The zero-order valence-electron chi connectivity index (χ0n) is 9.73. The smallest absolute Gasteiger partial charge is 0.173 e. The van der Waals surface area contributed by atoms with Crippen molar-refractivity contribution in [1.29, 1.82) is 0 Å². The van der Waals surface area contributed by atoms with E-state index in [4.69, 9.17) is 0 Å². The van der Waals surface area contributed by atoms with E-state index in [9.17, 15) is 13.6 Å². The maximum Gasteiger partial charge on any atom is 0.173 e. The number of rotatable bonds is 6. The summed E-state index contributed by atoms with van der Waals surface area (Å²) in [6, 6.07) is 2.31. The lowest BCUT2D eigenvalue weighted by Gasteiger charge is -2.05. The van der Waals surface area contributed by atoms with Crippen molar-refractivity contribution in [3.8, 4) is 0 Å². The maximum atomic E-state index is 13.2. The van der Waals surface area contributed by atoms with E-state index in [0.29, 0.717) is 6.42 Å². The van der Waals surface area contributed by atoms with Crippen molar-refractivity contribution < 1.29 is 13.6 Å². The first-order valence-electron chi connectivity index (χ1n) is 5.74. The molecule has 0 radical (unpaired) electrons. The Hall–Kier alpha value is -0.770. The third-order valence-electron chi connectivity index (χ3n) is 2.59. The minimum Gasteiger partial charge on any atom is -0.294 e. The summed E-state index contributed by atoms with van der Waals surface area (Å²) < 4.78 is 26.0. The minimum atomic E-state index is -0.996. The third kappa shape index (κ3) is 3.87. The van der Waals surface area contributed by atoms with Gasteiger partial charge >= 0.3 is 0 Å². The fourth-order valence-corrected chi connectivity index (χ4v) is 2.13. The normalized spacial score (nSPS) is 10.6. The molecule has 0 saturated heterocycles. The number of hydrogen-bond acceptors (Lipinski definition) is 1. The highest BCUT2D eigenvalue weighted by Gasteiger charge is 2.16. The molecule has 0 aliphatic heterocycles. The molecule has 0 aromatic heterocycles. The predicted octanol–water partition coefficient (Wildman–Crippen LogP) is 4.88. The Morgan fingerprint density at radius 2 is 1.94 bits per heavy atom. The van der Waals surface area contributed by atoms with Gasteiger partial charge in [-0.1, -0.05) is 26.2 Å². The number of carbonyl (C=O) groups excluding carboxylic acids is 1. The fraction of sp³-hybridized carbons (Fsp3) is 0.462. The molecule has 0 unspecified atom stereocenters. The van der Waals surface area contributed by atoms with Crippen LogP contribution in [0, 0.1) is 11.6 Å². The lowest BCUT2D eigenvalue weighted by atomic mass is 10.0. The number of hydrogen-bond donors (Lipinski definition) is 0. The van der Waals surface area contributed by atoms with Gasteiger partial charge in [-0.15, -0.1) is 0 Å². The van der Waals surface area contributed by atoms with Crippen molar-refractivity contribution in [3.05, 3.63) is 33.8 Å². The van der Waals surface area contributed by atoms with Crippen LogP contribution in [0.3, 0.4) is 0 Å². The summed E-state index contributed by atoms with van der Waals surface area (Å²) in [7, 11) is 0. The van der Waals surface area contributed by atoms with Crippen LogP contribution in [-0.2, 0) is 0 Å². The molecule has 1 rings (SSSR count). The Kier molecular flexibility index (Phi) is 5.75. The van der Waals surface area contributed by atoms with Gasteiger partial charge in [-0.25, -0.2) is 8.78 Å². The Labute approximate surface area is 108 Å². The number of unbranched alkanes of at least 4 members (excludes halogenated alkanes) is 3. The monoisotopic (exact) mass is 304 g/mol. The molecule has 0 N–H and O–H groups in total. The van der Waals surface area contributed by atoms with E-state index in [1.807, 2.05) is 0 Å². The molecule has 1 aromatic rings. The summed E-state index contributed by atoms with van der Waals surface area (Å²) in [5.74, 6) is -2.09. The second-order valence-electron chi connectivity index (χ2n) is 3.96. The third-order valence-corrected chi connectivity index (χ3v) is 3.37. The summed E-state index contributed by atoms with van der Waals surface area (Å²) in [6.45, 7) is 2.09. The van der Waals surface area contributed by atoms with Gasteiger partial charge in [-0.2, -0.15) is 0 Å². The average Bonchev–Trinajstić information content (AvgIpc) is 2.31. The number of benzene rings is 1. The summed E-state index contributed by atoms with van der Waals surface area (Å²) in [5.41, 5.74) is 0.223. The predicted molar refractivity (Wildman–Crippen MR) is 67.1 cm³/mol. The van der Waals surface area contributed by atoms with E-state index < -0.39 is 11.6 Å². The second kappa shape index (κ2) is 6.84. The molecule has 94 valence electrons. The summed E-state index contributed by atoms with van der Waals surface area (Å²) in [5, 5.41) is 0. The molecule has 0 saturated carbocycles. The van der Waals surface area contributed by atoms with Crippen LogP contribution in [0.15, 0.2) is 16.6 Å². The molecule has 0 fully saturated rings. The van der Waals surface area contributed by atoms with Gasteiger partial charge in [-0.05, 0) is 34.5 Å². The van der Waals surface area contributed by atoms with Crippen molar-refractivity contribution in [2.24, 2.45) is 0 Å². The maximum absolute atomic E-state index is 13.2. The van der Waals surface area contributed by atoms with Crippen LogP contribution in [0.25, 0.3) is 0 Å². The van der Waals surface area contributed by atoms with Gasteiger partial charge < -0.3 is 0 Å². The average molecular weight is 305 g/mol. The molecule has 4 heteroatoms. The van der Waals surface area contributed by atoms with Gasteiger partial charge in [0.25, 0.3) is 0 Å². The highest BCUT2D eigenvalue weighted by atomic mass is 79.9. The van der Waals surface area contributed by atoms with E-state index in [0.717, 1.165) is 31.7 Å². The van der Waals surface area contributed by atoms with Crippen LogP contribution in [0.5, 0.6) is 0 Å². The summed E-state index contributed by atoms with van der Waals surface area (Å²) in [6.07, 6.45) is 4.35. The zero-order valence-corrected chi connectivity index (χ0v) is 11.3. The van der Waals surface area contributed by atoms with Crippen molar-refractivity contribution >= 4 is 21.7 Å². The lowest BCUT2D eigenvalue weighted by Crippen LogP contribution is -2.02. The quantitative estimate of drug-likeness (QED) is 0.416. The van der Waals surface area contributed by atoms with Crippen LogP contribution in [-0.4, -0.2) is 5.78 Å². The van der Waals surface area contributed by atoms with Gasteiger partial charge in [0.05, 0.1) is 4.47 Å². The highest BCUT2D eigenvalue weighted by molar-refractivity contribution is 9.10. The summed E-state index contributed by atoms with van der Waals surface area (Å²) in [4.78, 5) is 11.8.